The lowest BCUT2D eigenvalue weighted by molar-refractivity contribution is -0.154. The van der Waals surface area contributed by atoms with Crippen LogP contribution in [0.3, 0.4) is 0 Å². The van der Waals surface area contributed by atoms with Crippen molar-refractivity contribution in [2.24, 2.45) is 11.8 Å². The molecule has 0 aromatic heterocycles. The van der Waals surface area contributed by atoms with Gasteiger partial charge in [0.1, 0.15) is 18.3 Å². The molecule has 1 saturated heterocycles. The third kappa shape index (κ3) is 4.85. The van der Waals surface area contributed by atoms with E-state index in [1.165, 1.54) is 0 Å². The molecule has 1 fully saturated rings. The summed E-state index contributed by atoms with van der Waals surface area (Å²) < 4.78 is 18.0. The highest BCUT2D eigenvalue weighted by Crippen LogP contribution is 2.35. The van der Waals surface area contributed by atoms with Crippen LogP contribution in [0.25, 0.3) is 6.08 Å². The Balaban J connectivity index is 2.07. The molecule has 1 N–H and O–H groups in total. The first-order valence-electron chi connectivity index (χ1n) is 10.7. The third-order valence-electron chi connectivity index (χ3n) is 5.96. The van der Waals surface area contributed by atoms with Crippen molar-refractivity contribution in [3.05, 3.63) is 52.6 Å². The van der Waals surface area contributed by atoms with Crippen LogP contribution in [-0.4, -0.2) is 41.3 Å². The van der Waals surface area contributed by atoms with Gasteiger partial charge >= 0.3 is 5.97 Å². The van der Waals surface area contributed by atoms with Gasteiger partial charge in [-0.2, -0.15) is 0 Å². The molecule has 5 heteroatoms. The zero-order chi connectivity index (χ0) is 22.2. The fourth-order valence-corrected chi connectivity index (χ4v) is 4.15. The monoisotopic (exact) mass is 414 g/mol. The van der Waals surface area contributed by atoms with Crippen molar-refractivity contribution in [2.75, 3.05) is 0 Å². The minimum atomic E-state index is -0.822. The second kappa shape index (κ2) is 8.66. The van der Waals surface area contributed by atoms with E-state index in [9.17, 15) is 9.90 Å². The fraction of sp³-hybridized carbons (Fsp3) is 0.560. The van der Waals surface area contributed by atoms with Gasteiger partial charge in [-0.15, -0.1) is 0 Å². The Kier molecular flexibility index (Phi) is 6.56. The quantitative estimate of drug-likeness (QED) is 0.497. The third-order valence-corrected chi connectivity index (χ3v) is 5.96. The van der Waals surface area contributed by atoms with Crippen LogP contribution in [0.2, 0.25) is 0 Å². The number of aliphatic hydroxyl groups excluding tert-OH is 1. The number of hydrogen-bond acceptors (Lipinski definition) is 5. The molecular weight excluding hydrogens is 380 g/mol. The van der Waals surface area contributed by atoms with Gasteiger partial charge in [0, 0.05) is 11.8 Å². The number of carbonyl (C=O) groups is 1. The number of rotatable bonds is 0. The Hall–Kier alpha value is -1.95. The fourth-order valence-electron chi connectivity index (χ4n) is 4.15. The van der Waals surface area contributed by atoms with E-state index in [0.717, 1.165) is 16.7 Å². The van der Waals surface area contributed by atoms with Crippen LogP contribution < -0.4 is 0 Å². The summed E-state index contributed by atoms with van der Waals surface area (Å²) in [6, 6.07) is 3.99. The van der Waals surface area contributed by atoms with Gasteiger partial charge in [0.05, 0.1) is 11.7 Å². The molecule has 6 atom stereocenters. The molecule has 2 heterocycles. The first-order valence-corrected chi connectivity index (χ1v) is 10.7. The Bertz CT molecular complexity index is 853. The number of benzene rings is 1. The van der Waals surface area contributed by atoms with Crippen molar-refractivity contribution in [2.45, 2.75) is 78.7 Å². The second-order valence-electron chi connectivity index (χ2n) is 9.17. The summed E-state index contributed by atoms with van der Waals surface area (Å²) in [4.78, 5) is 13.0. The van der Waals surface area contributed by atoms with Crippen molar-refractivity contribution in [1.29, 1.82) is 0 Å². The van der Waals surface area contributed by atoms with Gasteiger partial charge in [-0.05, 0) is 45.7 Å². The van der Waals surface area contributed by atoms with E-state index in [0.29, 0.717) is 5.56 Å². The van der Waals surface area contributed by atoms with Crippen LogP contribution >= 0.6 is 0 Å². The summed E-state index contributed by atoms with van der Waals surface area (Å²) in [5.74, 6) is -1.21. The number of aryl methyl sites for hydroxylation is 2. The van der Waals surface area contributed by atoms with Crippen molar-refractivity contribution < 1.29 is 24.1 Å². The lowest BCUT2D eigenvalue weighted by Crippen LogP contribution is -2.37. The van der Waals surface area contributed by atoms with Gasteiger partial charge < -0.3 is 19.3 Å². The number of fused-ring (bicyclic) bond motifs is 2. The average molecular weight is 415 g/mol. The summed E-state index contributed by atoms with van der Waals surface area (Å²) in [7, 11) is 0. The molecule has 30 heavy (non-hydrogen) atoms. The number of hydrogen-bond donors (Lipinski definition) is 1. The van der Waals surface area contributed by atoms with Gasteiger partial charge in [-0.1, -0.05) is 55.8 Å². The van der Waals surface area contributed by atoms with Crippen molar-refractivity contribution in [3.8, 4) is 0 Å². The van der Waals surface area contributed by atoms with Gasteiger partial charge in [0.2, 0.25) is 0 Å². The maximum Gasteiger partial charge on any atom is 0.339 e. The van der Waals surface area contributed by atoms with Gasteiger partial charge in [-0.25, -0.2) is 4.79 Å². The maximum atomic E-state index is 13.0. The van der Waals surface area contributed by atoms with Crippen molar-refractivity contribution in [3.63, 3.8) is 0 Å². The first kappa shape index (κ1) is 22.7. The van der Waals surface area contributed by atoms with Crippen LogP contribution in [0.4, 0.5) is 0 Å². The molecule has 3 rings (SSSR count). The Morgan fingerprint density at radius 2 is 1.60 bits per heavy atom. The van der Waals surface area contributed by atoms with E-state index in [1.807, 2.05) is 78.8 Å². The zero-order valence-corrected chi connectivity index (χ0v) is 19.0. The Morgan fingerprint density at radius 1 is 0.933 bits per heavy atom. The van der Waals surface area contributed by atoms with Crippen LogP contribution in [0.15, 0.2) is 30.4 Å². The predicted octanol–water partition coefficient (Wildman–Crippen LogP) is 4.58. The lowest BCUT2D eigenvalue weighted by Gasteiger charge is -2.25. The summed E-state index contributed by atoms with van der Waals surface area (Å²) in [5, 5.41) is 10.8. The summed E-state index contributed by atoms with van der Waals surface area (Å²) in [6.07, 6.45) is 5.61. The maximum absolute atomic E-state index is 13.0. The molecule has 0 spiro atoms. The van der Waals surface area contributed by atoms with E-state index < -0.39 is 18.0 Å². The number of aliphatic hydroxyl groups is 1. The van der Waals surface area contributed by atoms with Crippen LogP contribution in [0.5, 0.6) is 0 Å². The summed E-state index contributed by atoms with van der Waals surface area (Å²) in [5.41, 5.74) is 3.39. The number of esters is 1. The molecule has 3 unspecified atom stereocenters. The minimum Gasteiger partial charge on any atom is -0.458 e. The first-order chi connectivity index (χ1) is 14.0. The highest BCUT2D eigenvalue weighted by Gasteiger charge is 2.46. The molecule has 0 saturated carbocycles. The Labute approximate surface area is 179 Å². The molecule has 5 nitrogen and oxygen atoms in total. The van der Waals surface area contributed by atoms with E-state index in [1.54, 1.807) is 6.08 Å². The van der Waals surface area contributed by atoms with Gasteiger partial charge in [0.25, 0.3) is 0 Å². The second-order valence-corrected chi connectivity index (χ2v) is 9.17. The van der Waals surface area contributed by atoms with Crippen molar-refractivity contribution >= 4 is 12.0 Å². The Morgan fingerprint density at radius 3 is 2.30 bits per heavy atom. The largest absolute Gasteiger partial charge is 0.458 e. The molecule has 0 bridgehead atoms. The average Bonchev–Trinajstić information content (AvgIpc) is 2.98. The predicted molar refractivity (Wildman–Crippen MR) is 117 cm³/mol. The summed E-state index contributed by atoms with van der Waals surface area (Å²) >= 11 is 0. The van der Waals surface area contributed by atoms with Crippen LogP contribution in [-0.2, 0) is 14.2 Å². The van der Waals surface area contributed by atoms with E-state index in [4.69, 9.17) is 14.2 Å². The zero-order valence-electron chi connectivity index (χ0n) is 19.0. The van der Waals surface area contributed by atoms with E-state index >= 15 is 0 Å². The topological polar surface area (TPSA) is 65.0 Å². The normalized spacial score (nSPS) is 36.2. The summed E-state index contributed by atoms with van der Waals surface area (Å²) in [6.45, 7) is 13.5. The van der Waals surface area contributed by atoms with Crippen LogP contribution in [0.1, 0.15) is 61.7 Å². The van der Waals surface area contributed by atoms with Gasteiger partial charge in [-0.3, -0.25) is 0 Å². The highest BCUT2D eigenvalue weighted by molar-refractivity contribution is 5.95. The number of ether oxygens (including phenoxy) is 3. The number of carbonyl (C=O) groups excluding carboxylic acids is 1. The molecule has 1 aromatic rings. The van der Waals surface area contributed by atoms with Gasteiger partial charge in [0.15, 0.2) is 5.79 Å². The SMILES string of the molecule is Cc1cc(C)c2c(c1)/C=C/C(C)[C@@H]1OC(C)(C)OC1C(O)/C=C\[C@@H](C)[C@H](C)OC2=O. The molecule has 2 aliphatic rings. The lowest BCUT2D eigenvalue weighted by atomic mass is 9.92. The molecular formula is C25H34O5. The number of cyclic esters (lactones) is 1. The smallest absolute Gasteiger partial charge is 0.339 e. The molecule has 1 aromatic carbocycles. The van der Waals surface area contributed by atoms with Crippen molar-refractivity contribution in [1.82, 2.24) is 0 Å². The standard InChI is InChI=1S/C25H34O5/c1-14-12-17(4)21-19(13-14)10-8-16(3)22-23(30-25(6,7)29-22)20(26)11-9-15(2)18(5)28-24(21)27/h8-13,15-16,18,20,22-23,26H,1-7H3/b10-8+,11-9-/t15-,16?,18+,20?,22+,23?/m1/s1. The minimum absolute atomic E-state index is 0.0381. The molecule has 0 aliphatic carbocycles. The molecule has 2 aliphatic heterocycles. The van der Waals surface area contributed by atoms with Crippen LogP contribution in [0, 0.1) is 25.7 Å². The molecule has 0 radical (unpaired) electrons. The van der Waals surface area contributed by atoms with E-state index in [2.05, 4.69) is 0 Å². The molecule has 0 amide bonds. The van der Waals surface area contributed by atoms with E-state index in [-0.39, 0.29) is 30.0 Å². The molecule has 164 valence electrons. The highest BCUT2D eigenvalue weighted by atomic mass is 16.8.